The van der Waals surface area contributed by atoms with Crippen LogP contribution in [0.1, 0.15) is 25.0 Å². The smallest absolute Gasteiger partial charge is 0.123 e. The van der Waals surface area contributed by atoms with Crippen LogP contribution in [0.3, 0.4) is 0 Å². The highest BCUT2D eigenvalue weighted by molar-refractivity contribution is 5.87. The molecule has 0 unspecified atom stereocenters. The summed E-state index contributed by atoms with van der Waals surface area (Å²) in [5.74, 6) is -1.29. The van der Waals surface area contributed by atoms with E-state index in [1.54, 1.807) is 48.5 Å². The number of anilines is 6. The molecule has 0 atom stereocenters. The summed E-state index contributed by atoms with van der Waals surface area (Å²) in [6, 6.07) is 54.9. The van der Waals surface area contributed by atoms with Crippen LogP contribution < -0.4 is 9.80 Å². The second kappa shape index (κ2) is 14.3. The van der Waals surface area contributed by atoms with Gasteiger partial charge < -0.3 is 9.80 Å². The molecule has 57 heavy (non-hydrogen) atoms. The van der Waals surface area contributed by atoms with Gasteiger partial charge in [0.2, 0.25) is 0 Å². The van der Waals surface area contributed by atoms with Crippen molar-refractivity contribution in [2.24, 2.45) is 0 Å². The number of rotatable bonds is 8. The fourth-order valence-corrected chi connectivity index (χ4v) is 7.96. The summed E-state index contributed by atoms with van der Waals surface area (Å²) in [4.78, 5) is 3.95. The second-order valence-electron chi connectivity index (χ2n) is 14.8. The fraction of sp³-hybridized carbons (Fsp3) is 0.0588. The number of halogens is 4. The monoisotopic (exact) mass is 752 g/mol. The highest BCUT2D eigenvalue weighted by Gasteiger charge is 2.36. The SMILES string of the molecule is CC1(C)c2cc(-c3ccc(N(c4ccc(F)cc4)c4ccc(F)cc4)cc3)ccc2-c2ccc(-c3ccc(N(c4ccc(F)cc4)c4ccc(F)cc4)cc3)cc21. The minimum atomic E-state index is -0.323. The van der Waals surface area contributed by atoms with Gasteiger partial charge in [-0.15, -0.1) is 0 Å². The number of hydrogen-bond acceptors (Lipinski definition) is 2. The van der Waals surface area contributed by atoms with Gasteiger partial charge in [0.25, 0.3) is 0 Å². The van der Waals surface area contributed by atoms with Crippen LogP contribution in [0, 0.1) is 23.3 Å². The van der Waals surface area contributed by atoms with E-state index in [1.165, 1.54) is 70.8 Å². The van der Waals surface area contributed by atoms with E-state index in [0.29, 0.717) is 0 Å². The van der Waals surface area contributed by atoms with Gasteiger partial charge in [0.05, 0.1) is 0 Å². The molecule has 0 saturated carbocycles. The topological polar surface area (TPSA) is 6.48 Å². The molecule has 0 saturated heterocycles. The molecule has 0 heterocycles. The summed E-state index contributed by atoms with van der Waals surface area (Å²) < 4.78 is 55.4. The van der Waals surface area contributed by atoms with E-state index < -0.39 is 0 Å². The van der Waals surface area contributed by atoms with Gasteiger partial charge in [-0.3, -0.25) is 0 Å². The van der Waals surface area contributed by atoms with Crippen LogP contribution in [0.4, 0.5) is 51.7 Å². The van der Waals surface area contributed by atoms with Gasteiger partial charge in [0.1, 0.15) is 23.3 Å². The third kappa shape index (κ3) is 6.74. The third-order valence-corrected chi connectivity index (χ3v) is 10.9. The van der Waals surface area contributed by atoms with Crippen molar-refractivity contribution in [3.05, 3.63) is 216 Å². The Labute approximate surface area is 329 Å². The quantitative estimate of drug-likeness (QED) is 0.143. The Morgan fingerprint density at radius 1 is 0.298 bits per heavy atom. The molecule has 0 aliphatic heterocycles. The first-order valence-corrected chi connectivity index (χ1v) is 18.8. The van der Waals surface area contributed by atoms with Crippen molar-refractivity contribution in [3.63, 3.8) is 0 Å². The third-order valence-electron chi connectivity index (χ3n) is 10.9. The summed E-state index contributed by atoms with van der Waals surface area (Å²) >= 11 is 0. The first-order valence-electron chi connectivity index (χ1n) is 18.8. The van der Waals surface area contributed by atoms with Gasteiger partial charge in [0, 0.05) is 39.5 Å². The molecule has 0 radical (unpaired) electrons. The maximum Gasteiger partial charge on any atom is 0.123 e. The van der Waals surface area contributed by atoms with Crippen LogP contribution >= 0.6 is 0 Å². The van der Waals surface area contributed by atoms with Gasteiger partial charge in [0.15, 0.2) is 0 Å². The van der Waals surface area contributed by atoms with Crippen molar-refractivity contribution in [2.75, 3.05) is 9.80 Å². The summed E-state index contributed by atoms with van der Waals surface area (Å²) in [7, 11) is 0. The molecule has 8 aromatic rings. The Morgan fingerprint density at radius 2 is 0.526 bits per heavy atom. The summed E-state index contributed by atoms with van der Waals surface area (Å²) in [5, 5.41) is 0. The van der Waals surface area contributed by atoms with Crippen LogP contribution in [-0.2, 0) is 5.41 Å². The Kier molecular flexibility index (Phi) is 8.97. The van der Waals surface area contributed by atoms with Crippen molar-refractivity contribution in [2.45, 2.75) is 19.3 Å². The largest absolute Gasteiger partial charge is 0.310 e. The van der Waals surface area contributed by atoms with Crippen LogP contribution in [0.15, 0.2) is 182 Å². The Morgan fingerprint density at radius 3 is 0.789 bits per heavy atom. The second-order valence-corrected chi connectivity index (χ2v) is 14.8. The summed E-state index contributed by atoms with van der Waals surface area (Å²) in [6.07, 6.45) is 0. The van der Waals surface area contributed by atoms with Crippen molar-refractivity contribution >= 4 is 34.1 Å². The summed E-state index contributed by atoms with van der Waals surface area (Å²) in [5.41, 5.74) is 13.8. The van der Waals surface area contributed by atoms with Gasteiger partial charge in [-0.1, -0.05) is 62.4 Å². The lowest BCUT2D eigenvalue weighted by atomic mass is 9.81. The van der Waals surface area contributed by atoms with Gasteiger partial charge in [-0.25, -0.2) is 17.6 Å². The number of nitrogens with zero attached hydrogens (tertiary/aromatic N) is 2. The normalized spacial score (nSPS) is 12.5. The molecular formula is C51H36F4N2. The average molecular weight is 753 g/mol. The van der Waals surface area contributed by atoms with E-state index >= 15 is 0 Å². The van der Waals surface area contributed by atoms with E-state index in [-0.39, 0.29) is 28.7 Å². The van der Waals surface area contributed by atoms with Gasteiger partial charge in [-0.05, 0) is 178 Å². The molecule has 0 bridgehead atoms. The number of benzene rings is 8. The van der Waals surface area contributed by atoms with Crippen molar-refractivity contribution in [1.82, 2.24) is 0 Å². The van der Waals surface area contributed by atoms with E-state index in [0.717, 1.165) is 56.4 Å². The predicted octanol–water partition coefficient (Wildman–Crippen LogP) is 14.8. The van der Waals surface area contributed by atoms with Crippen molar-refractivity contribution < 1.29 is 17.6 Å². The Bertz CT molecular complexity index is 2420. The first-order chi connectivity index (χ1) is 27.6. The summed E-state index contributed by atoms with van der Waals surface area (Å²) in [6.45, 7) is 4.54. The predicted molar refractivity (Wildman–Crippen MR) is 224 cm³/mol. The zero-order chi connectivity index (χ0) is 39.3. The van der Waals surface area contributed by atoms with Crippen LogP contribution in [0.2, 0.25) is 0 Å². The van der Waals surface area contributed by atoms with Crippen molar-refractivity contribution in [1.29, 1.82) is 0 Å². The Hall–Kier alpha value is -6.92. The van der Waals surface area contributed by atoms with E-state index in [9.17, 15) is 17.6 Å². The fourth-order valence-electron chi connectivity index (χ4n) is 7.96. The highest BCUT2D eigenvalue weighted by Crippen LogP contribution is 2.51. The standard InChI is InChI=1S/C51H36F4N2/c1-51(2)49-31-35(33-3-17-41(18-4-33)56(43-21-9-37(52)10-22-43)44-23-11-38(53)12-24-44)7-29-47(49)48-30-8-36(32-50(48)51)34-5-19-42(20-6-34)57(45-25-13-39(54)14-26-45)46-27-15-40(55)16-28-46/h3-32H,1-2H3. The highest BCUT2D eigenvalue weighted by atomic mass is 19.1. The number of hydrogen-bond donors (Lipinski definition) is 0. The molecular weight excluding hydrogens is 717 g/mol. The maximum atomic E-state index is 13.9. The van der Waals surface area contributed by atoms with Gasteiger partial charge in [-0.2, -0.15) is 0 Å². The molecule has 278 valence electrons. The first kappa shape index (κ1) is 35.8. The zero-order valence-corrected chi connectivity index (χ0v) is 31.2. The lowest BCUT2D eigenvalue weighted by Crippen LogP contribution is -2.15. The van der Waals surface area contributed by atoms with E-state index in [2.05, 4.69) is 74.5 Å². The van der Waals surface area contributed by atoms with Crippen molar-refractivity contribution in [3.8, 4) is 33.4 Å². The molecule has 0 aromatic heterocycles. The molecule has 1 aliphatic carbocycles. The van der Waals surface area contributed by atoms with Gasteiger partial charge >= 0.3 is 0 Å². The molecule has 0 amide bonds. The van der Waals surface area contributed by atoms with Crippen LogP contribution in [-0.4, -0.2) is 0 Å². The zero-order valence-electron chi connectivity index (χ0n) is 31.2. The molecule has 0 fully saturated rings. The molecule has 8 aromatic carbocycles. The number of fused-ring (bicyclic) bond motifs is 3. The van der Waals surface area contributed by atoms with E-state index in [4.69, 9.17) is 0 Å². The average Bonchev–Trinajstić information content (AvgIpc) is 3.46. The molecule has 0 spiro atoms. The lowest BCUT2D eigenvalue weighted by molar-refractivity contribution is 0.627. The minimum Gasteiger partial charge on any atom is -0.310 e. The minimum absolute atomic E-state index is 0.263. The molecule has 1 aliphatic rings. The molecule has 6 heteroatoms. The van der Waals surface area contributed by atoms with E-state index in [1.807, 2.05) is 34.1 Å². The Balaban J connectivity index is 1.000. The maximum absolute atomic E-state index is 13.9. The van der Waals surface area contributed by atoms with Crippen LogP contribution in [0.25, 0.3) is 33.4 Å². The molecule has 9 rings (SSSR count). The molecule has 2 nitrogen and oxygen atoms in total. The lowest BCUT2D eigenvalue weighted by Gasteiger charge is -2.26. The molecule has 0 N–H and O–H groups in total. The van der Waals surface area contributed by atoms with Crippen LogP contribution in [0.5, 0.6) is 0 Å².